The molecule has 0 unspecified atom stereocenters. The summed E-state index contributed by atoms with van der Waals surface area (Å²) in [6, 6.07) is 0. The van der Waals surface area contributed by atoms with E-state index in [4.69, 9.17) is 0 Å². The molecule has 122 valence electrons. The summed E-state index contributed by atoms with van der Waals surface area (Å²) in [6.45, 7) is 2.93. The van der Waals surface area contributed by atoms with E-state index in [0.717, 1.165) is 6.26 Å². The van der Waals surface area contributed by atoms with Gasteiger partial charge >= 0.3 is 5.82 Å². The number of hydrogen-bond donors (Lipinski definition) is 1. The van der Waals surface area contributed by atoms with E-state index in [1.54, 1.807) is 18.5 Å². The number of sulfonamides is 1. The first kappa shape index (κ1) is 16.6. The first-order valence-corrected chi connectivity index (χ1v) is 9.36. The van der Waals surface area contributed by atoms with E-state index in [1.807, 2.05) is 0 Å². The van der Waals surface area contributed by atoms with E-state index in [2.05, 4.69) is 10.3 Å². The van der Waals surface area contributed by atoms with Crippen LogP contribution in [0.15, 0.2) is 11.6 Å². The number of fused-ring (bicyclic) bond motifs is 1. The Labute approximate surface area is 131 Å². The van der Waals surface area contributed by atoms with Crippen molar-refractivity contribution in [2.24, 2.45) is 0 Å². The standard InChI is InChI=1S/C11H17N5O4S2/c1-3-14(22(2,19)20)6-4-5-12-9-10(16(17)18)15-7-8-21-11(15)13-9/h7-8,12H,3-6H2,1-2H3. The van der Waals surface area contributed by atoms with Gasteiger partial charge in [-0.3, -0.25) is 0 Å². The lowest BCUT2D eigenvalue weighted by Crippen LogP contribution is -2.31. The van der Waals surface area contributed by atoms with Gasteiger partial charge in [0.25, 0.3) is 4.96 Å². The summed E-state index contributed by atoms with van der Waals surface area (Å²) in [4.78, 5) is 15.4. The third-order valence-corrected chi connectivity index (χ3v) is 5.24. The van der Waals surface area contributed by atoms with Gasteiger partial charge in [0.2, 0.25) is 15.8 Å². The highest BCUT2D eigenvalue weighted by atomic mass is 32.2. The third kappa shape index (κ3) is 3.54. The number of aromatic nitrogens is 2. The van der Waals surface area contributed by atoms with E-state index in [0.29, 0.717) is 31.0 Å². The number of rotatable bonds is 8. The second-order valence-corrected chi connectivity index (χ2v) is 7.49. The molecule has 22 heavy (non-hydrogen) atoms. The Kier molecular flexibility index (Phi) is 4.98. The molecule has 0 amide bonds. The Morgan fingerprint density at radius 3 is 2.86 bits per heavy atom. The molecule has 2 heterocycles. The molecule has 0 aliphatic carbocycles. The Morgan fingerprint density at radius 2 is 2.27 bits per heavy atom. The molecule has 0 saturated carbocycles. The van der Waals surface area contributed by atoms with Crippen LogP contribution < -0.4 is 5.32 Å². The highest BCUT2D eigenvalue weighted by Gasteiger charge is 2.23. The van der Waals surface area contributed by atoms with Gasteiger partial charge in [-0.25, -0.2) is 12.7 Å². The summed E-state index contributed by atoms with van der Waals surface area (Å²) >= 11 is 1.31. The zero-order valence-electron chi connectivity index (χ0n) is 12.2. The SMILES string of the molecule is CCN(CCCNc1nc2sccn2c1[N+](=O)[O-])S(C)(=O)=O. The molecule has 0 saturated heterocycles. The van der Waals surface area contributed by atoms with E-state index in [-0.39, 0.29) is 11.6 Å². The van der Waals surface area contributed by atoms with Gasteiger partial charge in [0, 0.05) is 25.0 Å². The van der Waals surface area contributed by atoms with Gasteiger partial charge < -0.3 is 15.4 Å². The lowest BCUT2D eigenvalue weighted by Gasteiger charge is -2.17. The lowest BCUT2D eigenvalue weighted by atomic mass is 10.4. The molecule has 2 aromatic rings. The molecule has 2 rings (SSSR count). The Balaban J connectivity index is 1.99. The fourth-order valence-electron chi connectivity index (χ4n) is 2.09. The molecule has 0 bridgehead atoms. The van der Waals surface area contributed by atoms with Crippen molar-refractivity contribution < 1.29 is 13.3 Å². The molecular formula is C11H17N5O4S2. The van der Waals surface area contributed by atoms with Gasteiger partial charge in [0.1, 0.15) is 6.20 Å². The van der Waals surface area contributed by atoms with Crippen molar-refractivity contribution in [3.05, 3.63) is 21.7 Å². The van der Waals surface area contributed by atoms with Gasteiger partial charge in [-0.05, 0) is 11.3 Å². The largest absolute Gasteiger partial charge is 0.372 e. The minimum absolute atomic E-state index is 0.105. The number of nitro groups is 1. The monoisotopic (exact) mass is 347 g/mol. The predicted octanol–water partition coefficient (Wildman–Crippen LogP) is 1.39. The summed E-state index contributed by atoms with van der Waals surface area (Å²) in [5, 5.41) is 15.8. The van der Waals surface area contributed by atoms with Crippen molar-refractivity contribution in [1.82, 2.24) is 13.7 Å². The van der Waals surface area contributed by atoms with Crippen molar-refractivity contribution in [2.45, 2.75) is 13.3 Å². The van der Waals surface area contributed by atoms with E-state index in [1.165, 1.54) is 20.0 Å². The Hall–Kier alpha value is -1.72. The summed E-state index contributed by atoms with van der Waals surface area (Å²) in [6.07, 6.45) is 3.29. The summed E-state index contributed by atoms with van der Waals surface area (Å²) < 4.78 is 25.7. The molecule has 2 aromatic heterocycles. The molecule has 0 aromatic carbocycles. The average Bonchev–Trinajstić information content (AvgIpc) is 2.96. The maximum atomic E-state index is 11.5. The molecule has 0 spiro atoms. The highest BCUT2D eigenvalue weighted by molar-refractivity contribution is 7.88. The number of anilines is 1. The normalized spacial score (nSPS) is 12.1. The maximum absolute atomic E-state index is 11.5. The lowest BCUT2D eigenvalue weighted by molar-refractivity contribution is -0.389. The molecule has 11 heteroatoms. The first-order chi connectivity index (χ1) is 10.3. The van der Waals surface area contributed by atoms with Crippen LogP contribution in [0, 0.1) is 10.1 Å². The molecule has 0 radical (unpaired) electrons. The quantitative estimate of drug-likeness (QED) is 0.439. The fraction of sp³-hybridized carbons (Fsp3) is 0.545. The Bertz CT molecular complexity index is 767. The van der Waals surface area contributed by atoms with Crippen LogP contribution in [0.4, 0.5) is 11.6 Å². The minimum atomic E-state index is -3.21. The summed E-state index contributed by atoms with van der Waals surface area (Å²) in [5.74, 6) is 0.103. The zero-order chi connectivity index (χ0) is 16.3. The number of nitrogens with zero attached hydrogens (tertiary/aromatic N) is 4. The third-order valence-electron chi connectivity index (χ3n) is 3.11. The van der Waals surface area contributed by atoms with Crippen molar-refractivity contribution >= 4 is 38.0 Å². The van der Waals surface area contributed by atoms with Crippen molar-refractivity contribution in [3.63, 3.8) is 0 Å². The topological polar surface area (TPSA) is 110 Å². The zero-order valence-corrected chi connectivity index (χ0v) is 13.9. The van der Waals surface area contributed by atoms with E-state index in [9.17, 15) is 18.5 Å². The summed E-state index contributed by atoms with van der Waals surface area (Å²) in [5.41, 5.74) is 0. The smallest absolute Gasteiger partial charge is 0.363 e. The van der Waals surface area contributed by atoms with Gasteiger partial charge in [-0.15, -0.1) is 0 Å². The number of thiazole rings is 1. The van der Waals surface area contributed by atoms with E-state index < -0.39 is 14.9 Å². The van der Waals surface area contributed by atoms with Crippen LogP contribution in [0.5, 0.6) is 0 Å². The second-order valence-electron chi connectivity index (χ2n) is 4.63. The second kappa shape index (κ2) is 6.58. The van der Waals surface area contributed by atoms with Gasteiger partial charge in [0.15, 0.2) is 0 Å². The highest BCUT2D eigenvalue weighted by Crippen LogP contribution is 2.27. The molecule has 0 aliphatic rings. The predicted molar refractivity (Wildman–Crippen MR) is 84.9 cm³/mol. The molecule has 1 N–H and O–H groups in total. The van der Waals surface area contributed by atoms with Crippen LogP contribution in [-0.2, 0) is 10.0 Å². The van der Waals surface area contributed by atoms with E-state index >= 15 is 0 Å². The first-order valence-electron chi connectivity index (χ1n) is 6.63. The van der Waals surface area contributed by atoms with Crippen LogP contribution in [0.25, 0.3) is 4.96 Å². The summed E-state index contributed by atoms with van der Waals surface area (Å²) in [7, 11) is -3.21. The van der Waals surface area contributed by atoms with Crippen LogP contribution in [0.1, 0.15) is 13.3 Å². The van der Waals surface area contributed by atoms with Gasteiger partial charge in [0.05, 0.1) is 6.26 Å². The molecule has 0 aliphatic heterocycles. The molecule has 0 fully saturated rings. The number of hydrogen-bond acceptors (Lipinski definition) is 7. The Morgan fingerprint density at radius 1 is 1.55 bits per heavy atom. The number of imidazole rings is 1. The molecule has 0 atom stereocenters. The number of nitrogens with one attached hydrogen (secondary N) is 1. The average molecular weight is 347 g/mol. The molecule has 9 nitrogen and oxygen atoms in total. The van der Waals surface area contributed by atoms with Crippen LogP contribution in [0.2, 0.25) is 0 Å². The molecular weight excluding hydrogens is 330 g/mol. The van der Waals surface area contributed by atoms with Crippen molar-refractivity contribution in [2.75, 3.05) is 31.2 Å². The van der Waals surface area contributed by atoms with Gasteiger partial charge in [-0.2, -0.15) is 9.38 Å². The fourth-order valence-corrected chi connectivity index (χ4v) is 3.73. The minimum Gasteiger partial charge on any atom is -0.363 e. The van der Waals surface area contributed by atoms with Crippen LogP contribution in [0.3, 0.4) is 0 Å². The van der Waals surface area contributed by atoms with Crippen molar-refractivity contribution in [1.29, 1.82) is 0 Å². The van der Waals surface area contributed by atoms with Crippen molar-refractivity contribution in [3.8, 4) is 0 Å². The maximum Gasteiger partial charge on any atom is 0.372 e. The van der Waals surface area contributed by atoms with Crippen LogP contribution in [-0.4, -0.2) is 52.9 Å². The van der Waals surface area contributed by atoms with Crippen LogP contribution >= 0.6 is 11.3 Å². The van der Waals surface area contributed by atoms with Gasteiger partial charge in [-0.1, -0.05) is 18.3 Å².